The van der Waals surface area contributed by atoms with E-state index in [0.29, 0.717) is 6.04 Å². The van der Waals surface area contributed by atoms with Crippen molar-refractivity contribution in [1.82, 2.24) is 4.90 Å². The van der Waals surface area contributed by atoms with E-state index in [-0.39, 0.29) is 29.5 Å². The maximum Gasteiger partial charge on any atom is 0.339 e. The third kappa shape index (κ3) is 2.96. The molecule has 0 aliphatic heterocycles. The summed E-state index contributed by atoms with van der Waals surface area (Å²) in [7, 11) is 1.72. The number of nitrogen functional groups attached to an aromatic ring is 1. The molecule has 1 aliphatic carbocycles. The Morgan fingerprint density at radius 3 is 2.74 bits per heavy atom. The second-order valence-electron chi connectivity index (χ2n) is 4.55. The van der Waals surface area contributed by atoms with Gasteiger partial charge >= 0.3 is 5.97 Å². The van der Waals surface area contributed by atoms with Crippen LogP contribution in [0.15, 0.2) is 18.2 Å². The Bertz CT molecular complexity index is 511. The molecule has 1 fully saturated rings. The number of nitrogens with two attached hydrogens (primary N) is 1. The summed E-state index contributed by atoms with van der Waals surface area (Å²) in [5.41, 5.74) is 5.85. The maximum atomic E-state index is 11.8. The van der Waals surface area contributed by atoms with Gasteiger partial charge in [0.25, 0.3) is 5.91 Å². The fourth-order valence-electron chi connectivity index (χ4n) is 1.79. The maximum absolute atomic E-state index is 11.8. The van der Waals surface area contributed by atoms with E-state index in [4.69, 9.17) is 15.6 Å². The summed E-state index contributed by atoms with van der Waals surface area (Å²) < 4.78 is 5.29. The zero-order chi connectivity index (χ0) is 14.0. The van der Waals surface area contributed by atoms with Gasteiger partial charge in [-0.3, -0.25) is 4.79 Å². The molecule has 0 radical (unpaired) electrons. The van der Waals surface area contributed by atoms with Gasteiger partial charge < -0.3 is 20.5 Å². The van der Waals surface area contributed by atoms with Crippen LogP contribution in [0.3, 0.4) is 0 Å². The van der Waals surface area contributed by atoms with Crippen molar-refractivity contribution in [3.63, 3.8) is 0 Å². The van der Waals surface area contributed by atoms with Gasteiger partial charge in [0.15, 0.2) is 12.4 Å². The molecule has 0 aromatic heterocycles. The third-order valence-corrected chi connectivity index (χ3v) is 3.10. The Kier molecular flexibility index (Phi) is 3.59. The highest BCUT2D eigenvalue weighted by Crippen LogP contribution is 2.28. The zero-order valence-corrected chi connectivity index (χ0v) is 10.6. The highest BCUT2D eigenvalue weighted by atomic mass is 16.5. The summed E-state index contributed by atoms with van der Waals surface area (Å²) >= 11 is 0. The molecule has 1 amide bonds. The van der Waals surface area contributed by atoms with Crippen LogP contribution in [-0.2, 0) is 4.79 Å². The first-order chi connectivity index (χ1) is 9.00. The van der Waals surface area contributed by atoms with Crippen LogP contribution < -0.4 is 10.5 Å². The van der Waals surface area contributed by atoms with Gasteiger partial charge in [-0.1, -0.05) is 6.07 Å². The summed E-state index contributed by atoms with van der Waals surface area (Å²) in [5, 5.41) is 9.03. The summed E-state index contributed by atoms with van der Waals surface area (Å²) in [6.45, 7) is -0.207. The molecular weight excluding hydrogens is 248 g/mol. The molecule has 19 heavy (non-hydrogen) atoms. The predicted molar refractivity (Wildman–Crippen MR) is 69.1 cm³/mol. The number of nitrogens with zero attached hydrogens (tertiary/aromatic N) is 1. The number of carbonyl (C=O) groups is 2. The molecule has 1 aromatic carbocycles. The molecule has 0 heterocycles. The first-order valence-corrected chi connectivity index (χ1v) is 6.01. The molecule has 0 saturated heterocycles. The van der Waals surface area contributed by atoms with Gasteiger partial charge in [0.05, 0.1) is 5.69 Å². The van der Waals surface area contributed by atoms with Gasteiger partial charge in [-0.05, 0) is 25.0 Å². The summed E-state index contributed by atoms with van der Waals surface area (Å²) in [5.74, 6) is -1.26. The molecule has 6 heteroatoms. The van der Waals surface area contributed by atoms with Crippen LogP contribution >= 0.6 is 0 Å². The number of carbonyl (C=O) groups excluding carboxylic acids is 1. The Balaban J connectivity index is 2.06. The minimum atomic E-state index is -1.13. The molecular formula is C13H16N2O4. The average Bonchev–Trinajstić information content (AvgIpc) is 3.19. The van der Waals surface area contributed by atoms with Crippen LogP contribution in [0.1, 0.15) is 23.2 Å². The van der Waals surface area contributed by atoms with Gasteiger partial charge in [0.1, 0.15) is 5.56 Å². The number of amides is 1. The standard InChI is InChI=1S/C13H16N2O4/c1-15(8-5-6-8)11(16)7-19-12-9(13(17)18)3-2-4-10(12)14/h2-4,8H,5-7,14H2,1H3,(H,17,18). The number of benzene rings is 1. The van der Waals surface area contributed by atoms with E-state index < -0.39 is 5.97 Å². The van der Waals surface area contributed by atoms with E-state index in [1.807, 2.05) is 0 Å². The van der Waals surface area contributed by atoms with Crippen molar-refractivity contribution in [3.05, 3.63) is 23.8 Å². The molecule has 1 aromatic rings. The molecule has 0 atom stereocenters. The SMILES string of the molecule is CN(C(=O)COc1c(N)cccc1C(=O)O)C1CC1. The van der Waals surface area contributed by atoms with Crippen LogP contribution in [0, 0.1) is 0 Å². The summed E-state index contributed by atoms with van der Waals surface area (Å²) in [4.78, 5) is 24.5. The molecule has 0 spiro atoms. The minimum absolute atomic E-state index is 0.0399. The molecule has 102 valence electrons. The smallest absolute Gasteiger partial charge is 0.339 e. The molecule has 1 aliphatic rings. The Labute approximate surface area is 110 Å². The number of hydrogen-bond acceptors (Lipinski definition) is 4. The van der Waals surface area contributed by atoms with E-state index in [2.05, 4.69) is 0 Å². The number of likely N-dealkylation sites (N-methyl/N-ethyl adjacent to an activating group) is 1. The van der Waals surface area contributed by atoms with Crippen LogP contribution in [0.5, 0.6) is 5.75 Å². The molecule has 0 bridgehead atoms. The van der Waals surface area contributed by atoms with Crippen molar-refractivity contribution in [2.75, 3.05) is 19.4 Å². The largest absolute Gasteiger partial charge is 0.481 e. The molecule has 6 nitrogen and oxygen atoms in total. The first kappa shape index (κ1) is 13.2. The number of ether oxygens (including phenoxy) is 1. The lowest BCUT2D eigenvalue weighted by Gasteiger charge is -2.17. The first-order valence-electron chi connectivity index (χ1n) is 6.01. The second kappa shape index (κ2) is 5.17. The van der Waals surface area contributed by atoms with Crippen molar-refractivity contribution in [3.8, 4) is 5.75 Å². The quantitative estimate of drug-likeness (QED) is 0.773. The van der Waals surface area contributed by atoms with E-state index in [1.165, 1.54) is 18.2 Å². The number of hydrogen-bond donors (Lipinski definition) is 2. The van der Waals surface area contributed by atoms with Crippen LogP contribution in [-0.4, -0.2) is 41.6 Å². The number of anilines is 1. The lowest BCUT2D eigenvalue weighted by atomic mass is 10.2. The molecule has 3 N–H and O–H groups in total. The molecule has 1 saturated carbocycles. The van der Waals surface area contributed by atoms with E-state index in [0.717, 1.165) is 12.8 Å². The van der Waals surface area contributed by atoms with E-state index in [9.17, 15) is 9.59 Å². The number of para-hydroxylation sites is 1. The van der Waals surface area contributed by atoms with E-state index >= 15 is 0 Å². The summed E-state index contributed by atoms with van der Waals surface area (Å²) in [6.07, 6.45) is 2.02. The van der Waals surface area contributed by atoms with Gasteiger partial charge in [-0.15, -0.1) is 0 Å². The Hall–Kier alpha value is -2.24. The fourth-order valence-corrected chi connectivity index (χ4v) is 1.79. The Morgan fingerprint density at radius 1 is 1.47 bits per heavy atom. The zero-order valence-electron chi connectivity index (χ0n) is 10.6. The topological polar surface area (TPSA) is 92.9 Å². The van der Waals surface area contributed by atoms with Gasteiger partial charge in [-0.2, -0.15) is 0 Å². The van der Waals surface area contributed by atoms with Crippen molar-refractivity contribution in [2.45, 2.75) is 18.9 Å². The lowest BCUT2D eigenvalue weighted by molar-refractivity contribution is -0.132. The van der Waals surface area contributed by atoms with Gasteiger partial charge in [-0.25, -0.2) is 4.79 Å². The monoisotopic (exact) mass is 264 g/mol. The Morgan fingerprint density at radius 2 is 2.16 bits per heavy atom. The number of carboxylic acid groups (broad SMARTS) is 1. The fraction of sp³-hybridized carbons (Fsp3) is 0.385. The highest BCUT2D eigenvalue weighted by molar-refractivity contribution is 5.93. The van der Waals surface area contributed by atoms with Crippen molar-refractivity contribution >= 4 is 17.6 Å². The average molecular weight is 264 g/mol. The molecule has 2 rings (SSSR count). The normalized spacial score (nSPS) is 13.9. The third-order valence-electron chi connectivity index (χ3n) is 3.10. The number of rotatable bonds is 5. The highest BCUT2D eigenvalue weighted by Gasteiger charge is 2.29. The minimum Gasteiger partial charge on any atom is -0.481 e. The van der Waals surface area contributed by atoms with Crippen molar-refractivity contribution in [2.24, 2.45) is 0 Å². The van der Waals surface area contributed by atoms with Gasteiger partial charge in [0.2, 0.25) is 0 Å². The molecule has 0 unspecified atom stereocenters. The van der Waals surface area contributed by atoms with Crippen molar-refractivity contribution < 1.29 is 19.4 Å². The lowest BCUT2D eigenvalue weighted by Crippen LogP contribution is -2.33. The number of aromatic carboxylic acids is 1. The van der Waals surface area contributed by atoms with Crippen molar-refractivity contribution in [1.29, 1.82) is 0 Å². The second-order valence-corrected chi connectivity index (χ2v) is 4.55. The number of carboxylic acids is 1. The van der Waals surface area contributed by atoms with Crippen LogP contribution in [0.4, 0.5) is 5.69 Å². The van der Waals surface area contributed by atoms with Crippen LogP contribution in [0.2, 0.25) is 0 Å². The summed E-state index contributed by atoms with van der Waals surface area (Å²) in [6, 6.07) is 4.76. The predicted octanol–water partition coefficient (Wildman–Crippen LogP) is 0.967. The van der Waals surface area contributed by atoms with Crippen LogP contribution in [0.25, 0.3) is 0 Å². The van der Waals surface area contributed by atoms with Gasteiger partial charge in [0, 0.05) is 13.1 Å². The van der Waals surface area contributed by atoms with E-state index in [1.54, 1.807) is 11.9 Å².